The van der Waals surface area contributed by atoms with Gasteiger partial charge < -0.3 is 0 Å². The molecule has 140 valence electrons. The van der Waals surface area contributed by atoms with E-state index in [0.717, 1.165) is 35.5 Å². The van der Waals surface area contributed by atoms with Gasteiger partial charge in [0.1, 0.15) is 0 Å². The molecule has 27 heavy (non-hydrogen) atoms. The van der Waals surface area contributed by atoms with Crippen LogP contribution in [0.5, 0.6) is 0 Å². The third kappa shape index (κ3) is 3.26. The molecule has 2 N–H and O–H groups in total. The van der Waals surface area contributed by atoms with Gasteiger partial charge in [-0.2, -0.15) is 5.10 Å². The lowest BCUT2D eigenvalue weighted by molar-refractivity contribution is 0.597. The maximum atomic E-state index is 12.0. The first-order chi connectivity index (χ1) is 12.8. The number of nitrogens with two attached hydrogens (primary N) is 1. The molecule has 1 saturated carbocycles. The highest BCUT2D eigenvalue weighted by Crippen LogP contribution is 2.39. The van der Waals surface area contributed by atoms with Crippen LogP contribution in [-0.2, 0) is 10.0 Å². The summed E-state index contributed by atoms with van der Waals surface area (Å²) in [4.78, 5) is 9.01. The Hall–Kier alpha value is -2.58. The highest BCUT2D eigenvalue weighted by atomic mass is 32.2. The van der Waals surface area contributed by atoms with E-state index in [2.05, 4.69) is 4.98 Å². The molecule has 1 aliphatic carbocycles. The summed E-state index contributed by atoms with van der Waals surface area (Å²) in [7, 11) is -3.84. The van der Waals surface area contributed by atoms with Gasteiger partial charge in [0, 0.05) is 23.9 Å². The molecule has 0 spiro atoms. The van der Waals surface area contributed by atoms with E-state index in [0.29, 0.717) is 22.9 Å². The lowest BCUT2D eigenvalue weighted by Crippen LogP contribution is -2.14. The van der Waals surface area contributed by atoms with Crippen molar-refractivity contribution in [1.29, 1.82) is 0 Å². The van der Waals surface area contributed by atoms with Crippen LogP contribution in [-0.4, -0.2) is 28.2 Å². The van der Waals surface area contributed by atoms with E-state index >= 15 is 0 Å². The molecule has 0 unspecified atom stereocenters. The smallest absolute Gasteiger partial charge is 0.238 e. The van der Waals surface area contributed by atoms with Gasteiger partial charge in [-0.25, -0.2) is 23.2 Å². The number of pyridine rings is 1. The van der Waals surface area contributed by atoms with Gasteiger partial charge in [0.15, 0.2) is 11.6 Å². The number of nitrogens with zero attached hydrogens (tertiary/aromatic N) is 4. The highest BCUT2D eigenvalue weighted by molar-refractivity contribution is 7.89. The molecule has 8 heteroatoms. The summed E-state index contributed by atoms with van der Waals surface area (Å²) in [6.45, 7) is 5.58. The quantitative estimate of drug-likeness (QED) is 0.746. The second kappa shape index (κ2) is 6.24. The van der Waals surface area contributed by atoms with Gasteiger partial charge in [0.25, 0.3) is 0 Å². The van der Waals surface area contributed by atoms with Gasteiger partial charge >= 0.3 is 0 Å². The lowest BCUT2D eigenvalue weighted by atomic mass is 10.1. The van der Waals surface area contributed by atoms with E-state index in [9.17, 15) is 8.42 Å². The fraction of sp³-hybridized carbons (Fsp3) is 0.316. The van der Waals surface area contributed by atoms with Crippen LogP contribution in [0, 0.1) is 20.8 Å². The maximum absolute atomic E-state index is 12.0. The van der Waals surface area contributed by atoms with Crippen molar-refractivity contribution in [3.05, 3.63) is 53.1 Å². The molecular weight excluding hydrogens is 362 g/mol. The van der Waals surface area contributed by atoms with Crippen LogP contribution in [0.25, 0.3) is 17.1 Å². The van der Waals surface area contributed by atoms with Crippen molar-refractivity contribution in [2.45, 2.75) is 44.4 Å². The predicted molar refractivity (Wildman–Crippen MR) is 102 cm³/mol. The standard InChI is InChI=1S/C19H21N5O2S/c1-11-8-15(9-17(13(11)3)27(20,25)26)19-22-18(14-4-5-14)23-24(19)16-6-7-21-10-12(16)2/h6-10,14H,4-5H2,1-3H3,(H2,20,25,26). The van der Waals surface area contributed by atoms with Gasteiger partial charge in [0.05, 0.1) is 10.6 Å². The average Bonchev–Trinajstić information content (AvgIpc) is 3.36. The fourth-order valence-electron chi connectivity index (χ4n) is 3.15. The SMILES string of the molecule is Cc1cnccc1-n1nc(C2CC2)nc1-c1cc(C)c(C)c(S(N)(=O)=O)c1. The maximum Gasteiger partial charge on any atom is 0.238 e. The van der Waals surface area contributed by atoms with Crippen molar-refractivity contribution in [1.82, 2.24) is 19.7 Å². The van der Waals surface area contributed by atoms with Crippen LogP contribution in [0.3, 0.4) is 0 Å². The van der Waals surface area contributed by atoms with Crippen LogP contribution >= 0.6 is 0 Å². The van der Waals surface area contributed by atoms with Crippen molar-refractivity contribution in [3.8, 4) is 17.1 Å². The summed E-state index contributed by atoms with van der Waals surface area (Å²) in [5.74, 6) is 1.77. The molecule has 0 amide bonds. The Kier molecular flexibility index (Phi) is 4.12. The Morgan fingerprint density at radius 3 is 2.52 bits per heavy atom. The third-order valence-electron chi connectivity index (χ3n) is 4.97. The lowest BCUT2D eigenvalue weighted by Gasteiger charge is -2.12. The summed E-state index contributed by atoms with van der Waals surface area (Å²) < 4.78 is 25.9. The molecule has 4 rings (SSSR count). The Balaban J connectivity index is 1.97. The minimum atomic E-state index is -3.84. The number of rotatable bonds is 4. The highest BCUT2D eigenvalue weighted by Gasteiger charge is 2.30. The molecule has 1 fully saturated rings. The van der Waals surface area contributed by atoms with Gasteiger partial charge in [-0.1, -0.05) is 0 Å². The number of primary sulfonamides is 1. The monoisotopic (exact) mass is 383 g/mol. The Bertz CT molecular complexity index is 1150. The molecular formula is C19H21N5O2S. The zero-order valence-electron chi connectivity index (χ0n) is 15.5. The largest absolute Gasteiger partial charge is 0.264 e. The van der Waals surface area contributed by atoms with Crippen LogP contribution < -0.4 is 5.14 Å². The number of hydrogen-bond donors (Lipinski definition) is 1. The molecule has 1 aromatic carbocycles. The van der Waals surface area contributed by atoms with E-state index in [4.69, 9.17) is 15.2 Å². The minimum absolute atomic E-state index is 0.117. The van der Waals surface area contributed by atoms with E-state index < -0.39 is 10.0 Å². The summed E-state index contributed by atoms with van der Waals surface area (Å²) in [6, 6.07) is 5.40. The molecule has 0 aliphatic heterocycles. The molecule has 0 bridgehead atoms. The van der Waals surface area contributed by atoms with Gasteiger partial charge in [-0.15, -0.1) is 0 Å². The number of aryl methyl sites for hydroxylation is 2. The molecule has 7 nitrogen and oxygen atoms in total. The fourth-order valence-corrected chi connectivity index (χ4v) is 4.03. The zero-order chi connectivity index (χ0) is 19.3. The predicted octanol–water partition coefficient (Wildman–Crippen LogP) is 2.78. The molecule has 0 atom stereocenters. The van der Waals surface area contributed by atoms with Crippen LogP contribution in [0.2, 0.25) is 0 Å². The molecule has 3 aromatic rings. The Labute approximate surface area is 158 Å². The zero-order valence-corrected chi connectivity index (χ0v) is 16.3. The Morgan fingerprint density at radius 2 is 1.89 bits per heavy atom. The van der Waals surface area contributed by atoms with Gasteiger partial charge in [0.2, 0.25) is 10.0 Å². The summed E-state index contributed by atoms with van der Waals surface area (Å²) in [5, 5.41) is 10.2. The summed E-state index contributed by atoms with van der Waals surface area (Å²) >= 11 is 0. The summed E-state index contributed by atoms with van der Waals surface area (Å²) in [6.07, 6.45) is 5.64. The second-order valence-electron chi connectivity index (χ2n) is 7.10. The number of sulfonamides is 1. The number of hydrogen-bond acceptors (Lipinski definition) is 5. The van der Waals surface area contributed by atoms with Crippen LogP contribution in [0.4, 0.5) is 0 Å². The van der Waals surface area contributed by atoms with Crippen molar-refractivity contribution in [3.63, 3.8) is 0 Å². The van der Waals surface area contributed by atoms with E-state index in [-0.39, 0.29) is 4.90 Å². The van der Waals surface area contributed by atoms with Crippen molar-refractivity contribution in [2.24, 2.45) is 5.14 Å². The average molecular weight is 383 g/mol. The van der Waals surface area contributed by atoms with Crippen LogP contribution in [0.1, 0.15) is 41.3 Å². The third-order valence-corrected chi connectivity index (χ3v) is 6.01. The van der Waals surface area contributed by atoms with Crippen molar-refractivity contribution in [2.75, 3.05) is 0 Å². The second-order valence-corrected chi connectivity index (χ2v) is 8.63. The number of aromatic nitrogens is 4. The van der Waals surface area contributed by atoms with E-state index in [1.54, 1.807) is 30.1 Å². The van der Waals surface area contributed by atoms with E-state index in [1.165, 1.54) is 0 Å². The normalized spacial score (nSPS) is 14.5. The Morgan fingerprint density at radius 1 is 1.15 bits per heavy atom. The first-order valence-electron chi connectivity index (χ1n) is 8.78. The molecule has 0 radical (unpaired) electrons. The summed E-state index contributed by atoms with van der Waals surface area (Å²) in [5.41, 5.74) is 3.99. The first-order valence-corrected chi connectivity index (χ1v) is 10.3. The topological polar surface area (TPSA) is 104 Å². The van der Waals surface area contributed by atoms with E-state index in [1.807, 2.05) is 26.0 Å². The minimum Gasteiger partial charge on any atom is -0.264 e. The molecule has 2 heterocycles. The first kappa shape index (κ1) is 17.8. The molecule has 1 aliphatic rings. The van der Waals surface area contributed by atoms with Crippen molar-refractivity contribution < 1.29 is 8.42 Å². The molecule has 0 saturated heterocycles. The number of benzene rings is 1. The molecule has 2 aromatic heterocycles. The van der Waals surface area contributed by atoms with Crippen molar-refractivity contribution >= 4 is 10.0 Å². The van der Waals surface area contributed by atoms with Gasteiger partial charge in [-0.05, 0) is 68.5 Å². The van der Waals surface area contributed by atoms with Gasteiger partial charge in [-0.3, -0.25) is 4.98 Å². The van der Waals surface area contributed by atoms with Crippen LogP contribution in [0.15, 0.2) is 35.5 Å².